The lowest BCUT2D eigenvalue weighted by Gasteiger charge is -2.31. The van der Waals surface area contributed by atoms with Gasteiger partial charge >= 0.3 is 5.97 Å². The number of aromatic nitrogens is 4. The zero-order chi connectivity index (χ0) is 24.7. The van der Waals surface area contributed by atoms with Gasteiger partial charge < -0.3 is 26.0 Å². The number of nitrogens with zero attached hydrogens (tertiary/aromatic N) is 4. The molecule has 37 heavy (non-hydrogen) atoms. The van der Waals surface area contributed by atoms with E-state index in [2.05, 4.69) is 48.2 Å². The van der Waals surface area contributed by atoms with Crippen LogP contribution in [-0.2, 0) is 4.79 Å². The summed E-state index contributed by atoms with van der Waals surface area (Å²) in [5.41, 5.74) is 2.09. The maximum atomic E-state index is 12.6. The highest BCUT2D eigenvalue weighted by molar-refractivity contribution is 5.90. The van der Waals surface area contributed by atoms with Gasteiger partial charge in [0.25, 0.3) is 5.56 Å². The Balaban J connectivity index is 0.00000280. The van der Waals surface area contributed by atoms with Gasteiger partial charge in [-0.15, -0.1) is 12.4 Å². The molecule has 3 aromatic rings. The van der Waals surface area contributed by atoms with Gasteiger partial charge in [0.1, 0.15) is 16.7 Å². The van der Waals surface area contributed by atoms with E-state index >= 15 is 0 Å². The smallest absolute Gasteiger partial charge is 0.307 e. The topological polar surface area (TPSA) is 148 Å². The number of carbonyl (C=O) groups is 1. The van der Waals surface area contributed by atoms with Gasteiger partial charge in [-0.3, -0.25) is 9.59 Å². The number of hydrogen-bond donors (Lipinski definition) is 5. The van der Waals surface area contributed by atoms with Gasteiger partial charge in [-0.1, -0.05) is 12.1 Å². The molecule has 0 radical (unpaired) electrons. The fourth-order valence-corrected chi connectivity index (χ4v) is 5.61. The summed E-state index contributed by atoms with van der Waals surface area (Å²) in [6.07, 6.45) is 5.18. The van der Waals surface area contributed by atoms with Crippen molar-refractivity contribution in [3.63, 3.8) is 0 Å². The predicted molar refractivity (Wildman–Crippen MR) is 143 cm³/mol. The van der Waals surface area contributed by atoms with Crippen LogP contribution in [-0.4, -0.2) is 64.0 Å². The molecule has 4 heterocycles. The molecule has 1 aliphatic carbocycles. The number of carboxylic acid groups (broad SMARTS) is 1. The quantitative estimate of drug-likeness (QED) is 0.335. The fraction of sp³-hybridized carbons (Fsp3) is 0.480. The molecule has 3 aliphatic rings. The van der Waals surface area contributed by atoms with Crippen molar-refractivity contribution in [3.8, 4) is 0 Å². The Morgan fingerprint density at radius 3 is 2.73 bits per heavy atom. The molecule has 12 heteroatoms. The number of aliphatic carboxylic acids is 1. The van der Waals surface area contributed by atoms with Crippen LogP contribution in [0.2, 0.25) is 0 Å². The van der Waals surface area contributed by atoms with Crippen LogP contribution in [0.5, 0.6) is 0 Å². The molecule has 0 amide bonds. The van der Waals surface area contributed by atoms with E-state index in [1.165, 1.54) is 0 Å². The molecule has 2 saturated heterocycles. The van der Waals surface area contributed by atoms with E-state index in [1.807, 2.05) is 12.1 Å². The zero-order valence-electron chi connectivity index (χ0n) is 20.4. The predicted octanol–water partition coefficient (Wildman–Crippen LogP) is 2.19. The van der Waals surface area contributed by atoms with Crippen molar-refractivity contribution in [2.45, 2.75) is 31.7 Å². The van der Waals surface area contributed by atoms with Crippen LogP contribution in [0.25, 0.3) is 10.9 Å². The Bertz CT molecular complexity index is 1330. The van der Waals surface area contributed by atoms with Crippen molar-refractivity contribution in [1.82, 2.24) is 30.8 Å². The number of halogens is 1. The Kier molecular flexibility index (Phi) is 7.02. The average Bonchev–Trinajstić information content (AvgIpc) is 3.65. The number of carboxylic acids is 1. The average molecular weight is 527 g/mol. The van der Waals surface area contributed by atoms with Gasteiger partial charge in [0, 0.05) is 37.9 Å². The lowest BCUT2D eigenvalue weighted by Crippen LogP contribution is -2.36. The molecule has 196 valence electrons. The molecule has 0 bridgehead atoms. The van der Waals surface area contributed by atoms with Crippen LogP contribution in [0.1, 0.15) is 37.3 Å². The van der Waals surface area contributed by atoms with Crippen LogP contribution in [0.4, 0.5) is 17.5 Å². The number of piperidine rings is 1. The highest BCUT2D eigenvalue weighted by Crippen LogP contribution is 2.58. The number of rotatable bonds is 5. The van der Waals surface area contributed by atoms with E-state index in [9.17, 15) is 14.7 Å². The van der Waals surface area contributed by atoms with Gasteiger partial charge in [-0.05, 0) is 55.3 Å². The van der Waals surface area contributed by atoms with Crippen LogP contribution in [0, 0.1) is 11.3 Å². The lowest BCUT2D eigenvalue weighted by atomic mass is 9.87. The summed E-state index contributed by atoms with van der Waals surface area (Å²) in [5, 5.41) is 26.4. The summed E-state index contributed by atoms with van der Waals surface area (Å²) in [5.74, 6) is 0.162. The summed E-state index contributed by atoms with van der Waals surface area (Å²) >= 11 is 0. The van der Waals surface area contributed by atoms with Crippen molar-refractivity contribution in [2.24, 2.45) is 11.3 Å². The summed E-state index contributed by atoms with van der Waals surface area (Å²) in [6.45, 7) is 4.19. The summed E-state index contributed by atoms with van der Waals surface area (Å²) < 4.78 is 0. The molecule has 6 rings (SSSR count). The number of hydrogen-bond acceptors (Lipinski definition) is 9. The van der Waals surface area contributed by atoms with Crippen molar-refractivity contribution in [3.05, 3.63) is 46.4 Å². The molecular weight excluding hydrogens is 496 g/mol. The van der Waals surface area contributed by atoms with E-state index in [-0.39, 0.29) is 35.3 Å². The van der Waals surface area contributed by atoms with E-state index < -0.39 is 5.97 Å². The van der Waals surface area contributed by atoms with Gasteiger partial charge in [0.15, 0.2) is 0 Å². The van der Waals surface area contributed by atoms with E-state index in [4.69, 9.17) is 4.98 Å². The highest BCUT2D eigenvalue weighted by Gasteiger charge is 2.59. The second-order valence-electron chi connectivity index (χ2n) is 10.1. The summed E-state index contributed by atoms with van der Waals surface area (Å²) in [4.78, 5) is 35.4. The SMILES string of the molecule is Cl.O=C(O)C1CC12CCC(c1ccc(Nc3nc(N4CCCNCC4)nc4cn[nH]c(=O)c34)cc1)NC2. The Morgan fingerprint density at radius 1 is 1.16 bits per heavy atom. The van der Waals surface area contributed by atoms with E-state index in [1.54, 1.807) is 6.20 Å². The number of aromatic amines is 1. The van der Waals surface area contributed by atoms with Crippen molar-refractivity contribution in [2.75, 3.05) is 42.9 Å². The number of benzene rings is 1. The molecule has 5 N–H and O–H groups in total. The molecule has 3 fully saturated rings. The Labute approximate surface area is 219 Å². The third kappa shape index (κ3) is 4.98. The first kappa shape index (κ1) is 25.4. The highest BCUT2D eigenvalue weighted by atomic mass is 35.5. The maximum Gasteiger partial charge on any atom is 0.307 e. The number of fused-ring (bicyclic) bond motifs is 1. The van der Waals surface area contributed by atoms with Crippen LogP contribution in [0.3, 0.4) is 0 Å². The largest absolute Gasteiger partial charge is 0.481 e. The third-order valence-electron chi connectivity index (χ3n) is 7.82. The normalized spacial score (nSPS) is 25.4. The molecule has 3 unspecified atom stereocenters. The molecule has 1 aromatic carbocycles. The van der Waals surface area contributed by atoms with Gasteiger partial charge in [0.05, 0.1) is 12.1 Å². The third-order valence-corrected chi connectivity index (χ3v) is 7.82. The maximum absolute atomic E-state index is 12.6. The first-order valence-electron chi connectivity index (χ1n) is 12.6. The zero-order valence-corrected chi connectivity index (χ0v) is 21.2. The minimum Gasteiger partial charge on any atom is -0.481 e. The molecule has 1 spiro atoms. The fourth-order valence-electron chi connectivity index (χ4n) is 5.61. The van der Waals surface area contributed by atoms with Crippen LogP contribution >= 0.6 is 12.4 Å². The minimum absolute atomic E-state index is 0. The van der Waals surface area contributed by atoms with Crippen LogP contribution in [0.15, 0.2) is 35.3 Å². The number of anilines is 3. The Hall–Kier alpha value is -3.28. The molecule has 11 nitrogen and oxygen atoms in total. The second kappa shape index (κ2) is 10.2. The van der Waals surface area contributed by atoms with Crippen LogP contribution < -0.4 is 26.4 Å². The molecular formula is C25H31ClN8O3. The van der Waals surface area contributed by atoms with Crippen molar-refractivity contribution >= 4 is 46.7 Å². The number of nitrogens with one attached hydrogen (secondary N) is 4. The molecule has 2 aromatic heterocycles. The summed E-state index contributed by atoms with van der Waals surface area (Å²) in [7, 11) is 0. The van der Waals surface area contributed by atoms with Gasteiger partial charge in [-0.2, -0.15) is 10.1 Å². The second-order valence-corrected chi connectivity index (χ2v) is 10.1. The lowest BCUT2D eigenvalue weighted by molar-refractivity contribution is -0.139. The van der Waals surface area contributed by atoms with Crippen molar-refractivity contribution < 1.29 is 9.90 Å². The van der Waals surface area contributed by atoms with Gasteiger partial charge in [-0.25, -0.2) is 10.1 Å². The minimum atomic E-state index is -0.673. The first-order chi connectivity index (χ1) is 17.5. The molecule has 2 aliphatic heterocycles. The summed E-state index contributed by atoms with van der Waals surface area (Å²) in [6, 6.07) is 8.30. The molecule has 1 saturated carbocycles. The number of H-pyrrole nitrogens is 1. The van der Waals surface area contributed by atoms with Gasteiger partial charge in [0.2, 0.25) is 5.95 Å². The molecule has 3 atom stereocenters. The standard InChI is InChI=1S/C25H30N8O3.ClH/c34-22-20-19(13-28-32-22)30-24(33-10-1-8-26-9-11-33)31-21(20)29-16-4-2-15(3-5-16)18-6-7-25(14-27-18)12-17(25)23(35)36;/h2-5,13,17-18,26-27H,1,6-12,14H2,(H,32,34)(H,35,36)(H,29,30,31);1H. The first-order valence-corrected chi connectivity index (χ1v) is 12.6. The van der Waals surface area contributed by atoms with E-state index in [0.717, 1.165) is 69.7 Å². The Morgan fingerprint density at radius 2 is 2.00 bits per heavy atom. The monoisotopic (exact) mass is 526 g/mol. The van der Waals surface area contributed by atoms with Crippen molar-refractivity contribution in [1.29, 1.82) is 0 Å². The van der Waals surface area contributed by atoms with E-state index in [0.29, 0.717) is 22.7 Å².